The van der Waals surface area contributed by atoms with Crippen LogP contribution in [0.2, 0.25) is 0 Å². The molecule has 158 valence electrons. The molecule has 2 aromatic carbocycles. The molecule has 1 fully saturated rings. The van der Waals surface area contributed by atoms with Crippen LogP contribution < -0.4 is 15.0 Å². The topological polar surface area (TPSA) is 57.7 Å². The second-order valence-corrected chi connectivity index (χ2v) is 8.02. The first kappa shape index (κ1) is 20.5. The van der Waals surface area contributed by atoms with Crippen molar-refractivity contribution in [1.82, 2.24) is 15.2 Å². The Bertz CT molecular complexity index is 1030. The molecule has 1 amide bonds. The van der Waals surface area contributed by atoms with Gasteiger partial charge in [0, 0.05) is 39.3 Å². The molecule has 1 aliphatic heterocycles. The van der Waals surface area contributed by atoms with Crippen molar-refractivity contribution in [1.29, 1.82) is 0 Å². The van der Waals surface area contributed by atoms with Gasteiger partial charge in [-0.15, -0.1) is 0 Å². The highest BCUT2D eigenvalue weighted by Gasteiger charge is 2.21. The SMILES string of the molecule is COc1ccc2nc(N3CCN(CCNC(=O)c4c(F)cccc4F)CC3)sc2c1. The molecule has 0 bridgehead atoms. The summed E-state index contributed by atoms with van der Waals surface area (Å²) in [5, 5.41) is 3.59. The minimum absolute atomic E-state index is 0.327. The number of nitrogens with one attached hydrogen (secondary N) is 1. The lowest BCUT2D eigenvalue weighted by atomic mass is 10.2. The summed E-state index contributed by atoms with van der Waals surface area (Å²) >= 11 is 1.64. The number of amides is 1. The molecule has 9 heteroatoms. The number of carbonyl (C=O) groups excluding carboxylic acids is 1. The molecule has 1 N–H and O–H groups in total. The van der Waals surface area contributed by atoms with E-state index in [0.717, 1.165) is 59.4 Å². The summed E-state index contributed by atoms with van der Waals surface area (Å²) in [5.74, 6) is -1.61. The van der Waals surface area contributed by atoms with E-state index >= 15 is 0 Å². The van der Waals surface area contributed by atoms with Crippen LogP contribution in [0.3, 0.4) is 0 Å². The van der Waals surface area contributed by atoms with E-state index in [1.807, 2.05) is 18.2 Å². The molecule has 4 rings (SSSR count). The number of halogens is 2. The van der Waals surface area contributed by atoms with Gasteiger partial charge in [-0.25, -0.2) is 13.8 Å². The van der Waals surface area contributed by atoms with Crippen molar-refractivity contribution < 1.29 is 18.3 Å². The summed E-state index contributed by atoms with van der Waals surface area (Å²) in [5.41, 5.74) is 0.427. The second kappa shape index (κ2) is 8.93. The average Bonchev–Trinajstić information content (AvgIpc) is 3.17. The molecule has 0 spiro atoms. The van der Waals surface area contributed by atoms with Crippen molar-refractivity contribution in [3.63, 3.8) is 0 Å². The smallest absolute Gasteiger partial charge is 0.257 e. The van der Waals surface area contributed by atoms with Gasteiger partial charge in [-0.3, -0.25) is 9.69 Å². The number of nitrogens with zero attached hydrogens (tertiary/aromatic N) is 3. The molecule has 1 saturated heterocycles. The van der Waals surface area contributed by atoms with Gasteiger partial charge in [-0.1, -0.05) is 17.4 Å². The average molecular weight is 432 g/mol. The van der Waals surface area contributed by atoms with E-state index in [4.69, 9.17) is 9.72 Å². The van der Waals surface area contributed by atoms with Gasteiger partial charge in [0.2, 0.25) is 0 Å². The number of aromatic nitrogens is 1. The zero-order valence-electron chi connectivity index (χ0n) is 16.5. The Labute approximate surface area is 177 Å². The predicted octanol–water partition coefficient (Wildman–Crippen LogP) is 3.14. The Kier molecular flexibility index (Phi) is 6.10. The fourth-order valence-electron chi connectivity index (χ4n) is 3.45. The van der Waals surface area contributed by atoms with Crippen LogP contribution in [-0.2, 0) is 0 Å². The maximum Gasteiger partial charge on any atom is 0.257 e. The molecule has 2 heterocycles. The van der Waals surface area contributed by atoms with E-state index in [2.05, 4.69) is 15.1 Å². The first-order chi connectivity index (χ1) is 14.5. The van der Waals surface area contributed by atoms with Crippen LogP contribution in [0.4, 0.5) is 13.9 Å². The number of thiazole rings is 1. The highest BCUT2D eigenvalue weighted by atomic mass is 32.1. The summed E-state index contributed by atoms with van der Waals surface area (Å²) in [6, 6.07) is 9.26. The number of methoxy groups -OCH3 is 1. The lowest BCUT2D eigenvalue weighted by Gasteiger charge is -2.34. The quantitative estimate of drug-likeness (QED) is 0.649. The maximum absolute atomic E-state index is 13.7. The Morgan fingerprint density at radius 1 is 1.17 bits per heavy atom. The van der Waals surface area contributed by atoms with Crippen LogP contribution in [-0.4, -0.2) is 62.2 Å². The molecule has 0 atom stereocenters. The normalized spacial score (nSPS) is 14.8. The maximum atomic E-state index is 13.7. The van der Waals surface area contributed by atoms with Crippen LogP contribution >= 0.6 is 11.3 Å². The van der Waals surface area contributed by atoms with Gasteiger partial charge in [0.05, 0.1) is 17.3 Å². The number of hydrogen-bond acceptors (Lipinski definition) is 6. The molecular weight excluding hydrogens is 410 g/mol. The molecule has 30 heavy (non-hydrogen) atoms. The largest absolute Gasteiger partial charge is 0.497 e. The highest BCUT2D eigenvalue weighted by Crippen LogP contribution is 2.31. The van der Waals surface area contributed by atoms with Gasteiger partial charge >= 0.3 is 0 Å². The van der Waals surface area contributed by atoms with E-state index in [1.165, 1.54) is 6.07 Å². The number of benzene rings is 2. The van der Waals surface area contributed by atoms with Crippen molar-refractivity contribution >= 4 is 32.6 Å². The van der Waals surface area contributed by atoms with E-state index < -0.39 is 23.1 Å². The Morgan fingerprint density at radius 3 is 2.60 bits per heavy atom. The van der Waals surface area contributed by atoms with Crippen LogP contribution in [0.1, 0.15) is 10.4 Å². The van der Waals surface area contributed by atoms with Crippen molar-refractivity contribution in [2.75, 3.05) is 51.3 Å². The molecule has 0 aliphatic carbocycles. The third-order valence-electron chi connectivity index (χ3n) is 5.13. The van der Waals surface area contributed by atoms with Gasteiger partial charge in [-0.2, -0.15) is 0 Å². The van der Waals surface area contributed by atoms with Crippen LogP contribution in [0.15, 0.2) is 36.4 Å². The number of rotatable bonds is 6. The monoisotopic (exact) mass is 432 g/mol. The molecular formula is C21H22F2N4O2S. The van der Waals surface area contributed by atoms with Crippen molar-refractivity contribution in [2.45, 2.75) is 0 Å². The van der Waals surface area contributed by atoms with Crippen LogP contribution in [0, 0.1) is 11.6 Å². The molecule has 1 aromatic heterocycles. The molecule has 0 radical (unpaired) electrons. The minimum atomic E-state index is -0.852. The Balaban J connectivity index is 1.27. The highest BCUT2D eigenvalue weighted by molar-refractivity contribution is 7.22. The summed E-state index contributed by atoms with van der Waals surface area (Å²) in [7, 11) is 1.65. The molecule has 0 unspecified atom stereocenters. The van der Waals surface area contributed by atoms with E-state index in [9.17, 15) is 13.6 Å². The van der Waals surface area contributed by atoms with Crippen molar-refractivity contribution in [3.05, 3.63) is 53.6 Å². The van der Waals surface area contributed by atoms with Crippen molar-refractivity contribution in [3.8, 4) is 5.75 Å². The van der Waals surface area contributed by atoms with Crippen molar-refractivity contribution in [2.24, 2.45) is 0 Å². The zero-order valence-corrected chi connectivity index (χ0v) is 17.3. The van der Waals surface area contributed by atoms with Crippen LogP contribution in [0.25, 0.3) is 10.2 Å². The van der Waals surface area contributed by atoms with Gasteiger partial charge < -0.3 is 15.0 Å². The van der Waals surface area contributed by atoms with Gasteiger partial charge in [0.1, 0.15) is 22.9 Å². The number of hydrogen-bond donors (Lipinski definition) is 1. The zero-order chi connectivity index (χ0) is 21.1. The number of carbonyl (C=O) groups is 1. The number of ether oxygens (including phenoxy) is 1. The summed E-state index contributed by atoms with van der Waals surface area (Å²) in [4.78, 5) is 21.2. The predicted molar refractivity (Wildman–Crippen MR) is 114 cm³/mol. The number of fused-ring (bicyclic) bond motifs is 1. The molecule has 1 aliphatic rings. The minimum Gasteiger partial charge on any atom is -0.497 e. The second-order valence-electron chi connectivity index (χ2n) is 7.01. The Hall–Kier alpha value is -2.78. The summed E-state index contributed by atoms with van der Waals surface area (Å²) in [6.07, 6.45) is 0. The number of piperazine rings is 1. The fraction of sp³-hybridized carbons (Fsp3) is 0.333. The van der Waals surface area contributed by atoms with E-state index in [1.54, 1.807) is 18.4 Å². The number of anilines is 1. The van der Waals surface area contributed by atoms with Gasteiger partial charge in [-0.05, 0) is 30.3 Å². The third-order valence-corrected chi connectivity index (χ3v) is 6.21. The summed E-state index contributed by atoms with van der Waals surface area (Å²) in [6.45, 7) is 4.24. The van der Waals surface area contributed by atoms with Gasteiger partial charge in [0.25, 0.3) is 5.91 Å². The Morgan fingerprint density at radius 2 is 1.90 bits per heavy atom. The standard InChI is InChI=1S/C21H22F2N4O2S/c1-29-14-5-6-17-18(13-14)30-21(25-17)27-11-9-26(10-12-27)8-7-24-20(28)19-15(22)3-2-4-16(19)23/h2-6,13H,7-12H2,1H3,(H,24,28). The molecule has 0 saturated carbocycles. The molecule has 6 nitrogen and oxygen atoms in total. The van der Waals surface area contributed by atoms with Crippen LogP contribution in [0.5, 0.6) is 5.75 Å². The third kappa shape index (κ3) is 4.36. The lowest BCUT2D eigenvalue weighted by molar-refractivity contribution is 0.0939. The van der Waals surface area contributed by atoms with E-state index in [0.29, 0.717) is 13.1 Å². The first-order valence-electron chi connectivity index (χ1n) is 9.69. The van der Waals surface area contributed by atoms with E-state index in [-0.39, 0.29) is 0 Å². The summed E-state index contributed by atoms with van der Waals surface area (Å²) < 4.78 is 33.7. The molecule has 3 aromatic rings. The lowest BCUT2D eigenvalue weighted by Crippen LogP contribution is -2.48. The van der Waals surface area contributed by atoms with Gasteiger partial charge in [0.15, 0.2) is 5.13 Å². The fourth-order valence-corrected chi connectivity index (χ4v) is 4.49. The first-order valence-corrected chi connectivity index (χ1v) is 10.5.